The predicted octanol–water partition coefficient (Wildman–Crippen LogP) is 11.0. The van der Waals surface area contributed by atoms with Crippen LogP contribution in [0.25, 0.3) is 18.2 Å². The van der Waals surface area contributed by atoms with Crippen molar-refractivity contribution >= 4 is 51.2 Å². The van der Waals surface area contributed by atoms with Crippen molar-refractivity contribution in [3.8, 4) is 0 Å². The van der Waals surface area contributed by atoms with Gasteiger partial charge < -0.3 is 14.7 Å². The molecule has 0 saturated carbocycles. The summed E-state index contributed by atoms with van der Waals surface area (Å²) in [5.41, 5.74) is 10.1. The summed E-state index contributed by atoms with van der Waals surface area (Å²) in [6.07, 6.45) is 19.8. The number of anilines is 2. The molecule has 0 radical (unpaired) electrons. The molecule has 6 heteroatoms. The number of aryl methyl sites for hydroxylation is 1. The van der Waals surface area contributed by atoms with Gasteiger partial charge in [0.2, 0.25) is 0 Å². The maximum atomic E-state index is 2.51. The lowest BCUT2D eigenvalue weighted by Crippen LogP contribution is -2.30. The van der Waals surface area contributed by atoms with Crippen LogP contribution in [-0.4, -0.2) is 42.6 Å². The first kappa shape index (κ1) is 38.8. The summed E-state index contributed by atoms with van der Waals surface area (Å²) < 4.78 is 2.18. The molecule has 1 aliphatic heterocycles. The summed E-state index contributed by atoms with van der Waals surface area (Å²) in [4.78, 5) is 7.33. The molecule has 0 N–H and O–H groups in total. The minimum Gasteiger partial charge on any atom is -0.374 e. The van der Waals surface area contributed by atoms with Crippen molar-refractivity contribution in [2.45, 2.75) is 33.5 Å². The second-order valence-electron chi connectivity index (χ2n) is 13.4. The van der Waals surface area contributed by atoms with Gasteiger partial charge in [0.1, 0.15) is 6.54 Å². The van der Waals surface area contributed by atoms with E-state index in [-0.39, 0.29) is 0 Å². The van der Waals surface area contributed by atoms with Crippen LogP contribution in [0.2, 0.25) is 0 Å². The van der Waals surface area contributed by atoms with Crippen molar-refractivity contribution in [3.05, 3.63) is 192 Å². The molecule has 54 heavy (non-hydrogen) atoms. The van der Waals surface area contributed by atoms with Gasteiger partial charge in [-0.05, 0) is 83.8 Å². The molecule has 276 valence electrons. The minimum atomic E-state index is 0.893. The Morgan fingerprint density at radius 2 is 1.07 bits per heavy atom. The highest BCUT2D eigenvalue weighted by atomic mass is 33.1. The van der Waals surface area contributed by atoms with Gasteiger partial charge in [0.05, 0.1) is 0 Å². The van der Waals surface area contributed by atoms with E-state index in [9.17, 15) is 0 Å². The maximum Gasteiger partial charge on any atom is 0.169 e. The molecule has 0 spiro atoms. The number of nitrogens with zero attached hydrogens (tertiary/aromatic N) is 4. The monoisotopic (exact) mass is 749 g/mol. The third-order valence-electron chi connectivity index (χ3n) is 9.59. The predicted molar refractivity (Wildman–Crippen MR) is 238 cm³/mol. The summed E-state index contributed by atoms with van der Waals surface area (Å²) in [7, 11) is 3.96. The number of aromatic nitrogens is 1. The maximum absolute atomic E-state index is 2.51. The van der Waals surface area contributed by atoms with Crippen molar-refractivity contribution in [3.63, 3.8) is 0 Å². The lowest BCUT2D eigenvalue weighted by Gasteiger charge is -2.26. The molecule has 0 atom stereocenters. The zero-order valence-electron chi connectivity index (χ0n) is 31.7. The van der Waals surface area contributed by atoms with Crippen LogP contribution in [0.4, 0.5) is 11.4 Å². The van der Waals surface area contributed by atoms with Crippen molar-refractivity contribution in [2.24, 2.45) is 0 Å². The molecule has 2 heterocycles. The molecule has 0 unspecified atom stereocenters. The van der Waals surface area contributed by atoms with Crippen molar-refractivity contribution in [2.75, 3.05) is 47.5 Å². The molecule has 0 aliphatic carbocycles. The normalized spacial score (nSPS) is 12.8. The second kappa shape index (κ2) is 21.1. The van der Waals surface area contributed by atoms with Crippen LogP contribution in [0.3, 0.4) is 0 Å². The van der Waals surface area contributed by atoms with E-state index >= 15 is 0 Å². The molecule has 0 bridgehead atoms. The Morgan fingerprint density at radius 1 is 0.593 bits per heavy atom. The van der Waals surface area contributed by atoms with E-state index in [4.69, 9.17) is 0 Å². The Kier molecular flexibility index (Phi) is 15.2. The topological polar surface area (TPSA) is 13.6 Å². The van der Waals surface area contributed by atoms with E-state index in [1.807, 2.05) is 21.6 Å². The summed E-state index contributed by atoms with van der Waals surface area (Å²) in [5.74, 6) is 2.10. The first-order valence-electron chi connectivity index (χ1n) is 19.1. The van der Waals surface area contributed by atoms with E-state index < -0.39 is 0 Å². The van der Waals surface area contributed by atoms with Gasteiger partial charge in [-0.15, -0.1) is 0 Å². The highest BCUT2D eigenvalue weighted by Gasteiger charge is 2.11. The van der Waals surface area contributed by atoms with Crippen molar-refractivity contribution in [1.82, 2.24) is 4.90 Å². The van der Waals surface area contributed by atoms with Crippen LogP contribution in [0, 0.1) is 0 Å². The fourth-order valence-electron chi connectivity index (χ4n) is 6.29. The summed E-state index contributed by atoms with van der Waals surface area (Å²) in [6.45, 7) is 11.1. The molecule has 1 aromatic heterocycles. The third-order valence-corrected chi connectivity index (χ3v) is 12.0. The first-order valence-corrected chi connectivity index (χ1v) is 21.6. The lowest BCUT2D eigenvalue weighted by molar-refractivity contribution is -0.693. The van der Waals surface area contributed by atoms with Gasteiger partial charge in [-0.1, -0.05) is 137 Å². The molecule has 0 fully saturated rings. The van der Waals surface area contributed by atoms with Gasteiger partial charge in [-0.25, -0.2) is 4.57 Å². The number of benzene rings is 4. The van der Waals surface area contributed by atoms with Crippen LogP contribution in [0.1, 0.15) is 41.7 Å². The molecule has 5 aromatic rings. The zero-order valence-corrected chi connectivity index (χ0v) is 33.3. The molecular weight excluding hydrogens is 697 g/mol. The number of likely N-dealkylation sites (N-methyl/N-ethyl adjacent to an activating group) is 1. The largest absolute Gasteiger partial charge is 0.374 e. The van der Waals surface area contributed by atoms with E-state index in [2.05, 4.69) is 209 Å². The van der Waals surface area contributed by atoms with E-state index in [1.54, 1.807) is 0 Å². The Hall–Kier alpha value is -4.91. The fourth-order valence-corrected chi connectivity index (χ4v) is 8.27. The molecule has 6 rings (SSSR count). The van der Waals surface area contributed by atoms with Gasteiger partial charge in [0.25, 0.3) is 0 Å². The molecule has 4 aromatic carbocycles. The molecule has 0 saturated heterocycles. The van der Waals surface area contributed by atoms with Crippen LogP contribution in [0.5, 0.6) is 0 Å². The van der Waals surface area contributed by atoms with E-state index in [0.29, 0.717) is 0 Å². The minimum absolute atomic E-state index is 0.893. The third kappa shape index (κ3) is 12.3. The van der Waals surface area contributed by atoms with Crippen LogP contribution >= 0.6 is 21.6 Å². The van der Waals surface area contributed by atoms with Crippen molar-refractivity contribution < 1.29 is 4.57 Å². The van der Waals surface area contributed by atoms with E-state index in [0.717, 1.165) is 57.3 Å². The summed E-state index contributed by atoms with van der Waals surface area (Å²) in [6, 6.07) is 44.0. The molecule has 1 aliphatic rings. The Bertz CT molecular complexity index is 1950. The van der Waals surface area contributed by atoms with Gasteiger partial charge in [0, 0.05) is 74.3 Å². The highest BCUT2D eigenvalue weighted by Crippen LogP contribution is 2.26. The SMILES string of the molecule is CCN1C=CC(/C=C/c2ccc(N(CCSSCCN(Cc3ccccc3)c3ccc(/C=C/c4cc[n+](CC)cc4)cc3)Cc3ccccc3)cc2)=CC1. The highest BCUT2D eigenvalue weighted by molar-refractivity contribution is 8.76. The Morgan fingerprint density at radius 3 is 1.52 bits per heavy atom. The molecule has 4 nitrogen and oxygen atoms in total. The van der Waals surface area contributed by atoms with Gasteiger partial charge in [-0.3, -0.25) is 0 Å². The Labute approximate surface area is 331 Å². The molecular formula is C48H53N4S2+. The van der Waals surface area contributed by atoms with Crippen LogP contribution in [0.15, 0.2) is 164 Å². The average Bonchev–Trinajstić information content (AvgIpc) is 3.24. The van der Waals surface area contributed by atoms with Gasteiger partial charge in [0.15, 0.2) is 12.4 Å². The quantitative estimate of drug-likeness (QED) is 0.0472. The average molecular weight is 750 g/mol. The smallest absolute Gasteiger partial charge is 0.169 e. The van der Waals surface area contributed by atoms with Crippen molar-refractivity contribution in [1.29, 1.82) is 0 Å². The van der Waals surface area contributed by atoms with Crippen LogP contribution < -0.4 is 14.4 Å². The summed E-state index contributed by atoms with van der Waals surface area (Å²) in [5, 5.41) is 0. The number of hydrogen-bond acceptors (Lipinski definition) is 5. The van der Waals surface area contributed by atoms with Gasteiger partial charge in [-0.2, -0.15) is 0 Å². The standard InChI is InChI=1S/C48H53N4S2/c1-3-49-31-27-43(28-32-49)17-15-41-19-23-47(24-20-41)51(39-45-11-7-5-8-12-45)35-37-53-54-38-36-52(40-46-13-9-6-10-14-46)48-25-21-42(22-26-48)16-18-44-29-33-50(4-2)34-30-44/h5-33H,3-4,34-40H2,1-2H3/q+1/b18-16+. The number of allylic oxidation sites excluding steroid dienone is 3. The van der Waals surface area contributed by atoms with Crippen LogP contribution in [-0.2, 0) is 19.6 Å². The first-order chi connectivity index (χ1) is 26.6. The fraction of sp³-hybridized carbons (Fsp3) is 0.229. The zero-order chi connectivity index (χ0) is 37.2. The lowest BCUT2D eigenvalue weighted by atomic mass is 10.1. The van der Waals surface area contributed by atoms with E-state index in [1.165, 1.54) is 44.8 Å². The summed E-state index contributed by atoms with van der Waals surface area (Å²) >= 11 is 0. The number of hydrogen-bond donors (Lipinski definition) is 0. The van der Waals surface area contributed by atoms with Gasteiger partial charge >= 0.3 is 0 Å². The Balaban J connectivity index is 1.03. The number of rotatable bonds is 19. The second-order valence-corrected chi connectivity index (χ2v) is 16.1. The molecule has 0 amide bonds. The number of pyridine rings is 1.